The molecule has 23 heavy (non-hydrogen) atoms. The van der Waals surface area contributed by atoms with E-state index in [0.29, 0.717) is 22.5 Å². The fraction of sp³-hybridized carbons (Fsp3) is 0.0588. The maximum atomic E-state index is 11.8. The minimum Gasteiger partial charge on any atom is -0.506 e. The number of phenols is 1. The maximum Gasteiger partial charge on any atom is 0.269 e. The summed E-state index contributed by atoms with van der Waals surface area (Å²) in [7, 11) is 0. The number of nitrogens with two attached hydrogens (primary N) is 1. The van der Waals surface area contributed by atoms with Gasteiger partial charge in [0.25, 0.3) is 5.91 Å². The van der Waals surface area contributed by atoms with Gasteiger partial charge in [-0.05, 0) is 36.8 Å². The number of nitrogens with zero attached hydrogens (tertiary/aromatic N) is 1. The van der Waals surface area contributed by atoms with E-state index >= 15 is 0 Å². The normalized spacial score (nSPS) is 11.3. The monoisotopic (exact) mass is 307 g/mol. The van der Waals surface area contributed by atoms with Crippen molar-refractivity contribution >= 4 is 27.7 Å². The number of furan rings is 1. The van der Waals surface area contributed by atoms with Crippen LogP contribution in [0.25, 0.3) is 33.3 Å². The van der Waals surface area contributed by atoms with Gasteiger partial charge in [0.15, 0.2) is 11.5 Å². The zero-order chi connectivity index (χ0) is 16.1. The molecule has 0 atom stereocenters. The fourth-order valence-corrected chi connectivity index (χ4v) is 2.89. The van der Waals surface area contributed by atoms with Gasteiger partial charge in [0.1, 0.15) is 11.4 Å². The quantitative estimate of drug-likeness (QED) is 0.529. The Bertz CT molecular complexity index is 1060. The highest BCUT2D eigenvalue weighted by Crippen LogP contribution is 2.36. The number of primary amides is 1. The molecule has 4 aromatic rings. The topological polar surface area (TPSA) is 105 Å². The SMILES string of the molecule is Cc1ccc(O)c2[nH]c3c(C(N)=O)nc(-c4ccco4)cc3c12. The van der Waals surface area contributed by atoms with E-state index in [-0.39, 0.29) is 11.4 Å². The zero-order valence-electron chi connectivity index (χ0n) is 12.3. The van der Waals surface area contributed by atoms with Gasteiger partial charge in [-0.3, -0.25) is 4.79 Å². The molecule has 1 aromatic carbocycles. The van der Waals surface area contributed by atoms with Crippen molar-refractivity contribution in [2.75, 3.05) is 0 Å². The van der Waals surface area contributed by atoms with Crippen molar-refractivity contribution in [1.29, 1.82) is 0 Å². The van der Waals surface area contributed by atoms with Crippen LogP contribution in [0.5, 0.6) is 5.75 Å². The number of aryl methyl sites for hydroxylation is 1. The number of aromatic hydroxyl groups is 1. The predicted molar refractivity (Wildman–Crippen MR) is 86.2 cm³/mol. The number of rotatable bonds is 2. The Labute approximate surface area is 130 Å². The maximum absolute atomic E-state index is 11.8. The largest absolute Gasteiger partial charge is 0.506 e. The molecule has 0 unspecified atom stereocenters. The lowest BCUT2D eigenvalue weighted by Crippen LogP contribution is -2.14. The first-order chi connectivity index (χ1) is 11.1. The lowest BCUT2D eigenvalue weighted by atomic mass is 10.1. The number of aromatic nitrogens is 2. The first-order valence-corrected chi connectivity index (χ1v) is 7.05. The molecule has 4 rings (SSSR count). The van der Waals surface area contributed by atoms with Gasteiger partial charge in [0, 0.05) is 10.8 Å². The third-order valence-electron chi connectivity index (χ3n) is 3.94. The van der Waals surface area contributed by atoms with Gasteiger partial charge in [-0.2, -0.15) is 0 Å². The molecule has 0 spiro atoms. The summed E-state index contributed by atoms with van der Waals surface area (Å²) in [5.41, 5.74) is 8.15. The molecule has 3 aromatic heterocycles. The molecule has 3 heterocycles. The smallest absolute Gasteiger partial charge is 0.269 e. The molecular weight excluding hydrogens is 294 g/mol. The third kappa shape index (κ3) is 1.88. The molecule has 0 aliphatic heterocycles. The van der Waals surface area contributed by atoms with Crippen LogP contribution in [0.1, 0.15) is 16.1 Å². The Hall–Kier alpha value is -3.28. The van der Waals surface area contributed by atoms with Crippen LogP contribution >= 0.6 is 0 Å². The summed E-state index contributed by atoms with van der Waals surface area (Å²) >= 11 is 0. The Morgan fingerprint density at radius 3 is 2.83 bits per heavy atom. The van der Waals surface area contributed by atoms with Crippen LogP contribution in [0.4, 0.5) is 0 Å². The summed E-state index contributed by atoms with van der Waals surface area (Å²) in [6.07, 6.45) is 1.54. The number of hydrogen-bond donors (Lipinski definition) is 3. The Morgan fingerprint density at radius 1 is 1.30 bits per heavy atom. The van der Waals surface area contributed by atoms with E-state index in [1.807, 2.05) is 19.1 Å². The molecule has 0 aliphatic carbocycles. The molecule has 6 nitrogen and oxygen atoms in total. The predicted octanol–water partition coefficient (Wildman–Crippen LogP) is 3.09. The molecule has 4 N–H and O–H groups in total. The van der Waals surface area contributed by atoms with Gasteiger partial charge in [-0.15, -0.1) is 0 Å². The second kappa shape index (κ2) is 4.61. The summed E-state index contributed by atoms with van der Waals surface area (Å²) in [6, 6.07) is 8.77. The van der Waals surface area contributed by atoms with E-state index in [2.05, 4.69) is 9.97 Å². The van der Waals surface area contributed by atoms with E-state index in [1.54, 1.807) is 18.2 Å². The molecule has 0 saturated heterocycles. The van der Waals surface area contributed by atoms with Gasteiger partial charge in [0.05, 0.1) is 17.3 Å². The lowest BCUT2D eigenvalue weighted by molar-refractivity contribution is 0.0997. The van der Waals surface area contributed by atoms with Crippen LogP contribution < -0.4 is 5.73 Å². The summed E-state index contributed by atoms with van der Waals surface area (Å²) < 4.78 is 5.37. The Balaban J connectivity index is 2.20. The third-order valence-corrected chi connectivity index (χ3v) is 3.94. The van der Waals surface area contributed by atoms with Crippen LogP contribution in [0.15, 0.2) is 41.0 Å². The van der Waals surface area contributed by atoms with E-state index in [1.165, 1.54) is 6.26 Å². The summed E-state index contributed by atoms with van der Waals surface area (Å²) in [5.74, 6) is 0.00503. The number of pyridine rings is 1. The summed E-state index contributed by atoms with van der Waals surface area (Å²) in [5, 5.41) is 11.7. The summed E-state index contributed by atoms with van der Waals surface area (Å²) in [4.78, 5) is 19.2. The van der Waals surface area contributed by atoms with Crippen molar-refractivity contribution in [3.05, 3.63) is 47.9 Å². The number of fused-ring (bicyclic) bond motifs is 3. The van der Waals surface area contributed by atoms with Crippen molar-refractivity contribution in [1.82, 2.24) is 9.97 Å². The molecule has 0 saturated carbocycles. The van der Waals surface area contributed by atoms with Crippen molar-refractivity contribution in [2.24, 2.45) is 5.73 Å². The molecule has 0 fully saturated rings. The van der Waals surface area contributed by atoms with Crippen LogP contribution in [-0.4, -0.2) is 21.0 Å². The van der Waals surface area contributed by atoms with Gasteiger partial charge < -0.3 is 20.2 Å². The standard InChI is InChI=1S/C17H13N3O3/c1-8-4-5-11(21)15-13(8)9-7-10(12-3-2-6-23-12)19-16(17(18)22)14(9)20-15/h2-7,20-21H,1H3,(H2,18,22). The molecule has 114 valence electrons. The van der Waals surface area contributed by atoms with E-state index in [4.69, 9.17) is 10.2 Å². The number of carbonyl (C=O) groups excluding carboxylic acids is 1. The van der Waals surface area contributed by atoms with Crippen LogP contribution in [0.3, 0.4) is 0 Å². The highest BCUT2D eigenvalue weighted by atomic mass is 16.3. The highest BCUT2D eigenvalue weighted by Gasteiger charge is 2.19. The number of carbonyl (C=O) groups is 1. The van der Waals surface area contributed by atoms with Gasteiger partial charge in [0.2, 0.25) is 0 Å². The molecule has 0 bridgehead atoms. The van der Waals surface area contributed by atoms with Crippen molar-refractivity contribution in [3.8, 4) is 17.2 Å². The minimum atomic E-state index is -0.646. The first-order valence-electron chi connectivity index (χ1n) is 7.05. The van der Waals surface area contributed by atoms with Gasteiger partial charge in [-0.25, -0.2) is 4.98 Å². The van der Waals surface area contributed by atoms with E-state index in [0.717, 1.165) is 16.3 Å². The molecule has 0 aliphatic rings. The molecule has 6 heteroatoms. The van der Waals surface area contributed by atoms with Gasteiger partial charge in [-0.1, -0.05) is 6.07 Å². The molecular formula is C17H13N3O3. The number of H-pyrrole nitrogens is 1. The van der Waals surface area contributed by atoms with Crippen LogP contribution in [0.2, 0.25) is 0 Å². The van der Waals surface area contributed by atoms with Gasteiger partial charge >= 0.3 is 0 Å². The van der Waals surface area contributed by atoms with Crippen molar-refractivity contribution in [3.63, 3.8) is 0 Å². The number of aromatic amines is 1. The molecule has 1 amide bonds. The number of hydrogen-bond acceptors (Lipinski definition) is 4. The van der Waals surface area contributed by atoms with E-state index in [9.17, 15) is 9.90 Å². The highest BCUT2D eigenvalue weighted by molar-refractivity contribution is 6.16. The van der Waals surface area contributed by atoms with Crippen molar-refractivity contribution in [2.45, 2.75) is 6.92 Å². The second-order valence-corrected chi connectivity index (χ2v) is 5.40. The molecule has 0 radical (unpaired) electrons. The lowest BCUT2D eigenvalue weighted by Gasteiger charge is -2.03. The number of benzene rings is 1. The first kappa shape index (κ1) is 13.4. The minimum absolute atomic E-state index is 0.108. The Morgan fingerprint density at radius 2 is 2.13 bits per heavy atom. The van der Waals surface area contributed by atoms with Crippen LogP contribution in [0, 0.1) is 6.92 Å². The average molecular weight is 307 g/mol. The number of amides is 1. The van der Waals surface area contributed by atoms with E-state index < -0.39 is 5.91 Å². The zero-order valence-corrected chi connectivity index (χ0v) is 12.3. The average Bonchev–Trinajstić information content (AvgIpc) is 3.17. The summed E-state index contributed by atoms with van der Waals surface area (Å²) in [6.45, 7) is 1.94. The van der Waals surface area contributed by atoms with Crippen LogP contribution in [-0.2, 0) is 0 Å². The second-order valence-electron chi connectivity index (χ2n) is 5.40. The number of phenolic OH excluding ortho intramolecular Hbond substituents is 1. The number of nitrogens with one attached hydrogen (secondary N) is 1. The fourth-order valence-electron chi connectivity index (χ4n) is 2.89. The Kier molecular flexibility index (Phi) is 2.68. The van der Waals surface area contributed by atoms with Crippen molar-refractivity contribution < 1.29 is 14.3 Å².